The minimum Gasteiger partial charge on any atom is -0.380 e. The first-order chi connectivity index (χ1) is 6.23. The number of ether oxygens (including phenoxy) is 1. The molecule has 0 aromatic heterocycles. The summed E-state index contributed by atoms with van der Waals surface area (Å²) in [5.74, 6) is 0. The second-order valence-corrected chi connectivity index (χ2v) is 6.50. The molecule has 0 saturated carbocycles. The highest BCUT2D eigenvalue weighted by Gasteiger charge is 2.50. The van der Waals surface area contributed by atoms with Crippen LogP contribution >= 0.6 is 22.6 Å². The second-order valence-electron chi connectivity index (χ2n) is 5.16. The van der Waals surface area contributed by atoms with Gasteiger partial charge in [-0.05, 0) is 34.1 Å². The van der Waals surface area contributed by atoms with Crippen LogP contribution in [0.1, 0.15) is 34.1 Å². The van der Waals surface area contributed by atoms with Gasteiger partial charge in [0.25, 0.3) is 0 Å². The predicted molar refractivity (Wildman–Crippen MR) is 65.0 cm³/mol. The SMILES string of the molecule is COC1CC(C)(C)N(O)C(C)(C)C1I. The molecule has 4 heteroatoms. The number of hydrogen-bond donors (Lipinski definition) is 1. The largest absolute Gasteiger partial charge is 0.380 e. The van der Waals surface area contributed by atoms with E-state index in [4.69, 9.17) is 4.74 Å². The molecule has 84 valence electrons. The van der Waals surface area contributed by atoms with Crippen molar-refractivity contribution in [1.29, 1.82) is 0 Å². The number of alkyl halides is 1. The fourth-order valence-corrected chi connectivity index (χ4v) is 3.05. The molecule has 2 unspecified atom stereocenters. The summed E-state index contributed by atoms with van der Waals surface area (Å²) >= 11 is 2.37. The van der Waals surface area contributed by atoms with Crippen molar-refractivity contribution in [3.63, 3.8) is 0 Å². The average molecular weight is 313 g/mol. The standard InChI is InChI=1S/C10H20INO2/c1-9(2)6-7(14-5)8(11)10(3,4)12(9)13/h7-8,13H,6H2,1-5H3. The summed E-state index contributed by atoms with van der Waals surface area (Å²) in [6.45, 7) is 8.20. The van der Waals surface area contributed by atoms with Gasteiger partial charge in [0.05, 0.1) is 15.6 Å². The number of halogens is 1. The van der Waals surface area contributed by atoms with Gasteiger partial charge < -0.3 is 9.94 Å². The molecule has 1 rings (SSSR count). The van der Waals surface area contributed by atoms with Gasteiger partial charge in [0.1, 0.15) is 0 Å². The van der Waals surface area contributed by atoms with E-state index in [0.717, 1.165) is 6.42 Å². The predicted octanol–water partition coefficient (Wildman–Crippen LogP) is 2.46. The molecule has 0 aromatic carbocycles. The summed E-state index contributed by atoms with van der Waals surface area (Å²) in [6, 6.07) is 0. The van der Waals surface area contributed by atoms with Crippen molar-refractivity contribution < 1.29 is 9.94 Å². The normalized spacial score (nSPS) is 37.1. The van der Waals surface area contributed by atoms with Crippen molar-refractivity contribution >= 4 is 22.6 Å². The van der Waals surface area contributed by atoms with Crippen molar-refractivity contribution in [3.8, 4) is 0 Å². The third-order valence-electron chi connectivity index (χ3n) is 3.12. The summed E-state index contributed by atoms with van der Waals surface area (Å²) < 4.78 is 5.77. The lowest BCUT2D eigenvalue weighted by molar-refractivity contribution is -0.254. The van der Waals surface area contributed by atoms with Crippen molar-refractivity contribution in [2.75, 3.05) is 7.11 Å². The minimum atomic E-state index is -0.247. The van der Waals surface area contributed by atoms with E-state index < -0.39 is 0 Å². The molecule has 1 N–H and O–H groups in total. The van der Waals surface area contributed by atoms with E-state index in [1.54, 1.807) is 7.11 Å². The first-order valence-corrected chi connectivity index (χ1v) is 6.14. The second kappa shape index (κ2) is 3.88. The third-order valence-corrected chi connectivity index (χ3v) is 5.45. The lowest BCUT2D eigenvalue weighted by atomic mass is 9.80. The Morgan fingerprint density at radius 2 is 1.86 bits per heavy atom. The Morgan fingerprint density at radius 1 is 1.36 bits per heavy atom. The van der Waals surface area contributed by atoms with Crippen LogP contribution in [0.3, 0.4) is 0 Å². The lowest BCUT2D eigenvalue weighted by Gasteiger charge is -2.53. The molecule has 0 bridgehead atoms. The summed E-state index contributed by atoms with van der Waals surface area (Å²) in [7, 11) is 1.75. The molecule has 1 saturated heterocycles. The topological polar surface area (TPSA) is 32.7 Å². The lowest BCUT2D eigenvalue weighted by Crippen LogP contribution is -2.66. The van der Waals surface area contributed by atoms with Gasteiger partial charge in [0.15, 0.2) is 0 Å². The Hall–Kier alpha value is 0.610. The van der Waals surface area contributed by atoms with E-state index in [1.165, 1.54) is 5.06 Å². The van der Waals surface area contributed by atoms with Crippen LogP contribution in [0.15, 0.2) is 0 Å². The van der Waals surface area contributed by atoms with Crippen LogP contribution in [0, 0.1) is 0 Å². The molecule has 1 heterocycles. The number of hydrogen-bond acceptors (Lipinski definition) is 3. The highest BCUT2D eigenvalue weighted by atomic mass is 127. The molecule has 0 aliphatic carbocycles. The Bertz CT molecular complexity index is 218. The quantitative estimate of drug-likeness (QED) is 0.596. The molecular weight excluding hydrogens is 293 g/mol. The molecule has 0 spiro atoms. The van der Waals surface area contributed by atoms with Gasteiger partial charge in [-0.3, -0.25) is 0 Å². The highest BCUT2D eigenvalue weighted by Crippen LogP contribution is 2.41. The molecule has 0 aromatic rings. The monoisotopic (exact) mass is 313 g/mol. The Balaban J connectivity index is 2.96. The maximum Gasteiger partial charge on any atom is 0.0725 e. The zero-order chi connectivity index (χ0) is 11.1. The van der Waals surface area contributed by atoms with Crippen LogP contribution in [-0.4, -0.2) is 38.5 Å². The zero-order valence-electron chi connectivity index (χ0n) is 9.54. The van der Waals surface area contributed by atoms with E-state index in [-0.39, 0.29) is 17.2 Å². The van der Waals surface area contributed by atoms with Gasteiger partial charge in [0, 0.05) is 12.6 Å². The molecule has 2 atom stereocenters. The van der Waals surface area contributed by atoms with Gasteiger partial charge in [0.2, 0.25) is 0 Å². The summed E-state index contributed by atoms with van der Waals surface area (Å²) in [5, 5.41) is 11.6. The molecule has 3 nitrogen and oxygen atoms in total. The Labute approximate surface area is 99.9 Å². The summed E-state index contributed by atoms with van der Waals surface area (Å²) in [5.41, 5.74) is -0.463. The Kier molecular flexibility index (Phi) is 3.52. The summed E-state index contributed by atoms with van der Waals surface area (Å²) in [6.07, 6.45) is 1.07. The maximum absolute atomic E-state index is 10.1. The van der Waals surface area contributed by atoms with Crippen molar-refractivity contribution in [2.45, 2.75) is 55.2 Å². The van der Waals surface area contributed by atoms with E-state index in [1.807, 2.05) is 13.8 Å². The molecule has 0 amide bonds. The first kappa shape index (κ1) is 12.7. The number of nitrogens with zero attached hydrogens (tertiary/aromatic N) is 1. The van der Waals surface area contributed by atoms with Gasteiger partial charge in [-0.1, -0.05) is 22.6 Å². The van der Waals surface area contributed by atoms with E-state index in [0.29, 0.717) is 3.92 Å². The van der Waals surface area contributed by atoms with E-state index in [2.05, 4.69) is 36.4 Å². The van der Waals surface area contributed by atoms with Crippen LogP contribution < -0.4 is 0 Å². The van der Waals surface area contributed by atoms with Crippen molar-refractivity contribution in [1.82, 2.24) is 5.06 Å². The molecule has 1 fully saturated rings. The van der Waals surface area contributed by atoms with Crippen LogP contribution in [0.25, 0.3) is 0 Å². The Morgan fingerprint density at radius 3 is 2.29 bits per heavy atom. The minimum absolute atomic E-state index is 0.212. The maximum atomic E-state index is 10.1. The van der Waals surface area contributed by atoms with Crippen molar-refractivity contribution in [2.24, 2.45) is 0 Å². The smallest absolute Gasteiger partial charge is 0.0725 e. The van der Waals surface area contributed by atoms with Crippen LogP contribution in [0.2, 0.25) is 0 Å². The summed E-state index contributed by atoms with van der Waals surface area (Å²) in [4.78, 5) is 0. The fourth-order valence-electron chi connectivity index (χ4n) is 2.24. The van der Waals surface area contributed by atoms with Gasteiger partial charge >= 0.3 is 0 Å². The van der Waals surface area contributed by atoms with E-state index in [9.17, 15) is 5.21 Å². The van der Waals surface area contributed by atoms with Crippen LogP contribution in [-0.2, 0) is 4.74 Å². The van der Waals surface area contributed by atoms with Crippen molar-refractivity contribution in [3.05, 3.63) is 0 Å². The fraction of sp³-hybridized carbons (Fsp3) is 1.00. The molecule has 1 aliphatic rings. The molecule has 0 radical (unpaired) electrons. The van der Waals surface area contributed by atoms with Crippen LogP contribution in [0.4, 0.5) is 0 Å². The highest BCUT2D eigenvalue weighted by molar-refractivity contribution is 14.1. The third kappa shape index (κ3) is 1.94. The number of methoxy groups -OCH3 is 1. The van der Waals surface area contributed by atoms with Crippen LogP contribution in [0.5, 0.6) is 0 Å². The molecule has 1 aliphatic heterocycles. The van der Waals surface area contributed by atoms with Gasteiger partial charge in [-0.2, -0.15) is 5.06 Å². The van der Waals surface area contributed by atoms with E-state index >= 15 is 0 Å². The number of rotatable bonds is 1. The zero-order valence-corrected chi connectivity index (χ0v) is 11.7. The number of hydroxylamine groups is 2. The van der Waals surface area contributed by atoms with Gasteiger partial charge in [-0.15, -0.1) is 0 Å². The molecular formula is C10H20INO2. The van der Waals surface area contributed by atoms with Gasteiger partial charge in [-0.25, -0.2) is 0 Å². The average Bonchev–Trinajstić information content (AvgIpc) is 2.09. The number of piperidine rings is 1. The molecule has 14 heavy (non-hydrogen) atoms. The first-order valence-electron chi connectivity index (χ1n) is 4.89.